The lowest BCUT2D eigenvalue weighted by atomic mass is 10.2. The van der Waals surface area contributed by atoms with Crippen molar-refractivity contribution in [2.75, 3.05) is 37.4 Å². The first-order chi connectivity index (χ1) is 15.8. The number of benzene rings is 2. The van der Waals surface area contributed by atoms with Crippen LogP contribution in [-0.2, 0) is 19.6 Å². The predicted octanol–water partition coefficient (Wildman–Crippen LogP) is 1.99. The number of amides is 1. The highest BCUT2D eigenvalue weighted by molar-refractivity contribution is 7.89. The minimum atomic E-state index is -4.19. The zero-order valence-electron chi connectivity index (χ0n) is 18.1. The number of hydrogen-bond donors (Lipinski definition) is 3. The summed E-state index contributed by atoms with van der Waals surface area (Å²) in [4.78, 5) is 26.0. The van der Waals surface area contributed by atoms with Gasteiger partial charge in [-0.1, -0.05) is 18.2 Å². The van der Waals surface area contributed by atoms with E-state index >= 15 is 0 Å². The van der Waals surface area contributed by atoms with E-state index in [1.165, 1.54) is 24.3 Å². The molecule has 3 rings (SSSR count). The zero-order valence-corrected chi connectivity index (χ0v) is 19.8. The SMILES string of the molecule is CC(N1CCOCC1)N([C@@H](CS)C(=O)O)S(=O)(=O)c1ccc(NC(=O)c2ccccc2)cc1. The summed E-state index contributed by atoms with van der Waals surface area (Å²) in [5, 5.41) is 12.4. The van der Waals surface area contributed by atoms with Gasteiger partial charge in [-0.25, -0.2) is 8.42 Å². The third-order valence-electron chi connectivity index (χ3n) is 5.43. The van der Waals surface area contributed by atoms with Crippen molar-refractivity contribution in [3.63, 3.8) is 0 Å². The van der Waals surface area contributed by atoms with Crippen LogP contribution in [0.5, 0.6) is 0 Å². The molecule has 178 valence electrons. The molecule has 0 saturated carbocycles. The monoisotopic (exact) mass is 493 g/mol. The first-order valence-electron chi connectivity index (χ1n) is 10.4. The Balaban J connectivity index is 1.87. The minimum absolute atomic E-state index is 0.0756. The van der Waals surface area contributed by atoms with Crippen molar-refractivity contribution < 1.29 is 27.9 Å². The van der Waals surface area contributed by atoms with E-state index in [1.807, 2.05) is 4.90 Å². The van der Waals surface area contributed by atoms with Gasteiger partial charge in [0.2, 0.25) is 10.0 Å². The largest absolute Gasteiger partial charge is 0.480 e. The number of hydrogen-bond acceptors (Lipinski definition) is 7. The van der Waals surface area contributed by atoms with Crippen molar-refractivity contribution >= 4 is 40.2 Å². The smallest absolute Gasteiger partial charge is 0.322 e. The van der Waals surface area contributed by atoms with Crippen molar-refractivity contribution in [2.24, 2.45) is 0 Å². The quantitative estimate of drug-likeness (QED) is 0.458. The molecular weight excluding hydrogens is 466 g/mol. The molecule has 0 spiro atoms. The van der Waals surface area contributed by atoms with E-state index in [0.717, 1.165) is 4.31 Å². The van der Waals surface area contributed by atoms with Crippen molar-refractivity contribution in [3.8, 4) is 0 Å². The number of anilines is 1. The lowest BCUT2D eigenvalue weighted by molar-refractivity contribution is -0.142. The summed E-state index contributed by atoms with van der Waals surface area (Å²) < 4.78 is 33.4. The summed E-state index contributed by atoms with van der Waals surface area (Å²) in [5.74, 6) is -1.79. The molecule has 11 heteroatoms. The molecule has 2 N–H and O–H groups in total. The number of rotatable bonds is 9. The number of sulfonamides is 1. The highest BCUT2D eigenvalue weighted by atomic mass is 32.2. The van der Waals surface area contributed by atoms with Crippen LogP contribution in [0, 0.1) is 0 Å². The molecule has 33 heavy (non-hydrogen) atoms. The summed E-state index contributed by atoms with van der Waals surface area (Å²) in [6.07, 6.45) is -0.718. The van der Waals surface area contributed by atoms with Gasteiger partial charge < -0.3 is 15.2 Å². The Kier molecular flexibility index (Phi) is 8.49. The van der Waals surface area contributed by atoms with E-state index in [9.17, 15) is 23.1 Å². The number of carboxylic acids is 1. The van der Waals surface area contributed by atoms with Crippen LogP contribution >= 0.6 is 12.6 Å². The fraction of sp³-hybridized carbons (Fsp3) is 0.364. The molecule has 0 aliphatic carbocycles. The van der Waals surface area contributed by atoms with Crippen molar-refractivity contribution in [3.05, 3.63) is 60.2 Å². The number of thiol groups is 1. The number of morpholine rings is 1. The van der Waals surface area contributed by atoms with Crippen LogP contribution in [0.1, 0.15) is 17.3 Å². The number of carboxylic acid groups (broad SMARTS) is 1. The van der Waals surface area contributed by atoms with E-state index in [4.69, 9.17) is 4.74 Å². The Morgan fingerprint density at radius 3 is 2.27 bits per heavy atom. The minimum Gasteiger partial charge on any atom is -0.480 e. The van der Waals surface area contributed by atoms with Crippen molar-refractivity contribution in [1.29, 1.82) is 0 Å². The van der Waals surface area contributed by atoms with Crippen LogP contribution in [0.15, 0.2) is 59.5 Å². The number of carbonyl (C=O) groups excluding carboxylic acids is 1. The topological polar surface area (TPSA) is 116 Å². The number of carbonyl (C=O) groups is 2. The van der Waals surface area contributed by atoms with Crippen LogP contribution in [0.4, 0.5) is 5.69 Å². The molecule has 1 heterocycles. The third kappa shape index (κ3) is 5.92. The normalized spacial score (nSPS) is 16.8. The lowest BCUT2D eigenvalue weighted by Gasteiger charge is -2.40. The number of nitrogens with zero attached hydrogens (tertiary/aromatic N) is 2. The maximum Gasteiger partial charge on any atom is 0.322 e. The Hall–Kier alpha value is -2.44. The average molecular weight is 494 g/mol. The van der Waals surface area contributed by atoms with E-state index in [1.54, 1.807) is 37.3 Å². The second-order valence-corrected chi connectivity index (χ2v) is 9.70. The number of nitrogens with one attached hydrogen (secondary N) is 1. The molecular formula is C22H27N3O6S2. The predicted molar refractivity (Wildman–Crippen MR) is 127 cm³/mol. The van der Waals surface area contributed by atoms with Gasteiger partial charge in [0.1, 0.15) is 6.04 Å². The Morgan fingerprint density at radius 1 is 1.12 bits per heavy atom. The summed E-state index contributed by atoms with van der Waals surface area (Å²) in [6.45, 7) is 3.50. The standard InChI is InChI=1S/C22H27N3O6S2/c1-16(24-11-13-31-14-12-24)25(20(15-32)22(27)28)33(29,30)19-9-7-18(8-10-19)23-21(26)17-5-3-2-4-6-17/h2-10,16,20,32H,11-15H2,1H3,(H,23,26)(H,27,28)/t16?,20-/m0/s1. The molecule has 1 unspecified atom stereocenters. The van der Waals surface area contributed by atoms with Gasteiger partial charge in [0.05, 0.1) is 24.3 Å². The molecule has 2 aromatic rings. The van der Waals surface area contributed by atoms with Crippen LogP contribution in [0.2, 0.25) is 0 Å². The highest BCUT2D eigenvalue weighted by Crippen LogP contribution is 2.25. The molecule has 1 aliphatic heterocycles. The summed E-state index contributed by atoms with van der Waals surface area (Å²) in [6, 6.07) is 12.9. The van der Waals surface area contributed by atoms with Gasteiger partial charge in [0.15, 0.2) is 0 Å². The maximum absolute atomic E-state index is 13.6. The average Bonchev–Trinajstić information content (AvgIpc) is 2.83. The Labute approximate surface area is 198 Å². The Bertz CT molecular complexity index is 1060. The molecule has 0 aromatic heterocycles. The fourth-order valence-electron chi connectivity index (χ4n) is 3.63. The third-order valence-corrected chi connectivity index (χ3v) is 7.76. The molecule has 1 fully saturated rings. The summed E-state index contributed by atoms with van der Waals surface area (Å²) in [7, 11) is -4.19. The summed E-state index contributed by atoms with van der Waals surface area (Å²) in [5.41, 5.74) is 0.886. The number of aliphatic carboxylic acids is 1. The fourth-order valence-corrected chi connectivity index (χ4v) is 5.83. The Morgan fingerprint density at radius 2 is 1.73 bits per heavy atom. The van der Waals surface area contributed by atoms with Crippen molar-refractivity contribution in [1.82, 2.24) is 9.21 Å². The maximum atomic E-state index is 13.6. The van der Waals surface area contributed by atoms with Crippen LogP contribution in [0.25, 0.3) is 0 Å². The van der Waals surface area contributed by atoms with E-state index in [2.05, 4.69) is 17.9 Å². The highest BCUT2D eigenvalue weighted by Gasteiger charge is 2.41. The molecule has 1 aliphatic rings. The van der Waals surface area contributed by atoms with Gasteiger partial charge in [-0.2, -0.15) is 16.9 Å². The van der Waals surface area contributed by atoms with Gasteiger partial charge in [0, 0.05) is 30.1 Å². The van der Waals surface area contributed by atoms with Crippen molar-refractivity contribution in [2.45, 2.75) is 24.0 Å². The first kappa shape index (κ1) is 25.2. The zero-order chi connectivity index (χ0) is 24.0. The van der Waals surface area contributed by atoms with Crippen LogP contribution in [0.3, 0.4) is 0 Å². The summed E-state index contributed by atoms with van der Waals surface area (Å²) >= 11 is 4.11. The second-order valence-electron chi connectivity index (χ2n) is 7.50. The second kappa shape index (κ2) is 11.1. The van der Waals surface area contributed by atoms with Gasteiger partial charge in [0.25, 0.3) is 5.91 Å². The van der Waals surface area contributed by atoms with Crippen LogP contribution in [-0.4, -0.2) is 78.9 Å². The first-order valence-corrected chi connectivity index (χ1v) is 12.5. The van der Waals surface area contributed by atoms with E-state index < -0.39 is 28.2 Å². The van der Waals surface area contributed by atoms with Gasteiger partial charge >= 0.3 is 5.97 Å². The van der Waals surface area contributed by atoms with E-state index in [-0.39, 0.29) is 16.6 Å². The lowest BCUT2D eigenvalue weighted by Crippen LogP contribution is -2.58. The molecule has 0 bridgehead atoms. The van der Waals surface area contributed by atoms with Crippen LogP contribution < -0.4 is 5.32 Å². The number of ether oxygens (including phenoxy) is 1. The molecule has 0 radical (unpaired) electrons. The van der Waals surface area contributed by atoms with Gasteiger partial charge in [-0.3, -0.25) is 14.5 Å². The van der Waals surface area contributed by atoms with Gasteiger partial charge in [-0.05, 0) is 43.3 Å². The van der Waals surface area contributed by atoms with Gasteiger partial charge in [-0.15, -0.1) is 0 Å². The molecule has 9 nitrogen and oxygen atoms in total. The molecule has 2 aromatic carbocycles. The van der Waals surface area contributed by atoms with E-state index in [0.29, 0.717) is 37.6 Å². The molecule has 1 amide bonds. The molecule has 1 saturated heterocycles. The molecule has 2 atom stereocenters.